The first-order valence-corrected chi connectivity index (χ1v) is 11.8. The van der Waals surface area contributed by atoms with E-state index in [9.17, 15) is 13.2 Å². The molecule has 10 heteroatoms. The molecule has 1 aliphatic heterocycles. The van der Waals surface area contributed by atoms with E-state index in [1.807, 2.05) is 26.0 Å². The molecule has 3 aromatic rings. The number of benzene rings is 1. The zero-order valence-corrected chi connectivity index (χ0v) is 17.8. The average molecular weight is 439 g/mol. The predicted octanol–water partition coefficient (Wildman–Crippen LogP) is 3.30. The number of carbonyl (C=O) groups excluding carboxylic acids is 1. The van der Waals surface area contributed by atoms with Gasteiger partial charge in [-0.15, -0.1) is 0 Å². The number of anilines is 1. The Morgan fingerprint density at radius 3 is 2.89 bits per heavy atom. The number of fused-ring (bicyclic) bond motifs is 1. The highest BCUT2D eigenvalue weighted by Crippen LogP contribution is 2.29. The van der Waals surface area contributed by atoms with Crippen LogP contribution in [0.4, 0.5) is 5.13 Å². The quantitative estimate of drug-likeness (QED) is 0.674. The van der Waals surface area contributed by atoms with E-state index in [0.29, 0.717) is 16.6 Å². The number of aryl methyl sites for hydroxylation is 1. The van der Waals surface area contributed by atoms with Crippen molar-refractivity contribution in [2.75, 3.05) is 16.8 Å². The van der Waals surface area contributed by atoms with Gasteiger partial charge in [0.25, 0.3) is 0 Å². The normalized spacial score (nSPS) is 18.6. The monoisotopic (exact) mass is 438 g/mol. The summed E-state index contributed by atoms with van der Waals surface area (Å²) >= 11 is 7.36. The smallest absolute Gasteiger partial charge is 0.230 e. The molecule has 28 heavy (non-hydrogen) atoms. The third-order valence-electron chi connectivity index (χ3n) is 4.96. The van der Waals surface area contributed by atoms with Gasteiger partial charge >= 0.3 is 0 Å². The van der Waals surface area contributed by atoms with Crippen molar-refractivity contribution in [2.24, 2.45) is 0 Å². The summed E-state index contributed by atoms with van der Waals surface area (Å²) in [6.07, 6.45) is 0.720. The van der Waals surface area contributed by atoms with Crippen LogP contribution in [0.25, 0.3) is 10.2 Å². The molecule has 0 spiro atoms. The summed E-state index contributed by atoms with van der Waals surface area (Å²) < 4.78 is 26.2. The van der Waals surface area contributed by atoms with Crippen LogP contribution in [-0.4, -0.2) is 40.6 Å². The summed E-state index contributed by atoms with van der Waals surface area (Å²) in [5.41, 5.74) is 3.19. The van der Waals surface area contributed by atoms with Crippen molar-refractivity contribution in [1.29, 1.82) is 0 Å². The van der Waals surface area contributed by atoms with Gasteiger partial charge in [0.05, 0.1) is 39.9 Å². The average Bonchev–Trinajstić information content (AvgIpc) is 3.25. The van der Waals surface area contributed by atoms with Gasteiger partial charge < -0.3 is 5.32 Å². The minimum atomic E-state index is -3.00. The maximum absolute atomic E-state index is 12.6. The van der Waals surface area contributed by atoms with E-state index in [-0.39, 0.29) is 29.9 Å². The van der Waals surface area contributed by atoms with Crippen molar-refractivity contribution in [3.05, 3.63) is 40.2 Å². The van der Waals surface area contributed by atoms with Gasteiger partial charge in [0.1, 0.15) is 0 Å². The van der Waals surface area contributed by atoms with Crippen LogP contribution in [0.1, 0.15) is 29.4 Å². The molecule has 1 aromatic carbocycles. The van der Waals surface area contributed by atoms with Gasteiger partial charge in [0.2, 0.25) is 5.91 Å². The Kier molecular flexibility index (Phi) is 4.93. The molecule has 1 amide bonds. The van der Waals surface area contributed by atoms with Gasteiger partial charge in [-0.3, -0.25) is 9.48 Å². The van der Waals surface area contributed by atoms with Gasteiger partial charge in [-0.25, -0.2) is 13.4 Å². The van der Waals surface area contributed by atoms with Crippen LogP contribution in [0.2, 0.25) is 5.02 Å². The molecule has 0 aliphatic carbocycles. The lowest BCUT2D eigenvalue weighted by molar-refractivity contribution is -0.115. The molecular weight excluding hydrogens is 420 g/mol. The van der Waals surface area contributed by atoms with E-state index < -0.39 is 9.84 Å². The highest BCUT2D eigenvalue weighted by molar-refractivity contribution is 7.91. The van der Waals surface area contributed by atoms with E-state index in [1.54, 1.807) is 10.7 Å². The third kappa shape index (κ3) is 3.78. The lowest BCUT2D eigenvalue weighted by Crippen LogP contribution is -2.16. The third-order valence-corrected chi connectivity index (χ3v) is 7.88. The Balaban J connectivity index is 1.51. The Labute approximate surface area is 171 Å². The van der Waals surface area contributed by atoms with Gasteiger partial charge in [-0.1, -0.05) is 22.9 Å². The fraction of sp³-hybridized carbons (Fsp3) is 0.389. The second kappa shape index (κ2) is 7.13. The molecule has 4 rings (SSSR count). The molecule has 7 nitrogen and oxygen atoms in total. The SMILES string of the molecule is Cc1nn(C2CCS(=O)(=O)C2)c(C)c1CC(=O)Nc1nc2ccc(Cl)cc2s1. The first-order chi connectivity index (χ1) is 13.2. The molecule has 1 N–H and O–H groups in total. The Bertz CT molecular complexity index is 1180. The first kappa shape index (κ1) is 19.4. The van der Waals surface area contributed by atoms with Crippen LogP contribution in [0.15, 0.2) is 18.2 Å². The van der Waals surface area contributed by atoms with Gasteiger partial charge in [-0.05, 0) is 38.5 Å². The number of amides is 1. The molecule has 1 saturated heterocycles. The van der Waals surface area contributed by atoms with Crippen molar-refractivity contribution < 1.29 is 13.2 Å². The Morgan fingerprint density at radius 2 is 2.18 bits per heavy atom. The molecule has 3 heterocycles. The number of carbonyl (C=O) groups is 1. The summed E-state index contributed by atoms with van der Waals surface area (Å²) in [5.74, 6) is 0.109. The molecule has 1 atom stereocenters. The van der Waals surface area contributed by atoms with Crippen LogP contribution in [0.3, 0.4) is 0 Å². The van der Waals surface area contributed by atoms with Crippen LogP contribution < -0.4 is 5.32 Å². The fourth-order valence-electron chi connectivity index (χ4n) is 3.55. The number of halogens is 1. The van der Waals surface area contributed by atoms with E-state index >= 15 is 0 Å². The van der Waals surface area contributed by atoms with Crippen LogP contribution in [0, 0.1) is 13.8 Å². The topological polar surface area (TPSA) is 94.0 Å². The van der Waals surface area contributed by atoms with Gasteiger partial charge in [0.15, 0.2) is 15.0 Å². The van der Waals surface area contributed by atoms with Crippen molar-refractivity contribution >= 4 is 54.0 Å². The second-order valence-corrected chi connectivity index (χ2v) is 10.7. The number of aromatic nitrogens is 3. The van der Waals surface area contributed by atoms with Crippen LogP contribution in [-0.2, 0) is 21.1 Å². The van der Waals surface area contributed by atoms with E-state index in [1.165, 1.54) is 11.3 Å². The lowest BCUT2D eigenvalue weighted by Gasteiger charge is -2.11. The summed E-state index contributed by atoms with van der Waals surface area (Å²) in [4.78, 5) is 17.0. The van der Waals surface area contributed by atoms with Crippen molar-refractivity contribution in [1.82, 2.24) is 14.8 Å². The molecule has 1 unspecified atom stereocenters. The zero-order valence-electron chi connectivity index (χ0n) is 15.4. The number of sulfone groups is 1. The molecule has 0 radical (unpaired) electrons. The number of nitrogens with one attached hydrogen (secondary N) is 1. The minimum Gasteiger partial charge on any atom is -0.302 e. The molecule has 1 fully saturated rings. The number of rotatable bonds is 4. The van der Waals surface area contributed by atoms with Gasteiger partial charge in [0, 0.05) is 16.3 Å². The first-order valence-electron chi connectivity index (χ1n) is 8.83. The maximum Gasteiger partial charge on any atom is 0.230 e. The number of hydrogen-bond donors (Lipinski definition) is 1. The van der Waals surface area contributed by atoms with Crippen molar-refractivity contribution in [3.8, 4) is 0 Å². The van der Waals surface area contributed by atoms with Crippen LogP contribution in [0.5, 0.6) is 0 Å². The second-order valence-electron chi connectivity index (χ2n) is 7.01. The largest absolute Gasteiger partial charge is 0.302 e. The standard InChI is InChI=1S/C18H19ClN4O3S2/c1-10-14(11(2)23(22-10)13-5-6-28(25,26)9-13)8-17(24)21-18-20-15-4-3-12(19)7-16(15)27-18/h3-4,7,13H,5-6,8-9H2,1-2H3,(H,20,21,24). The predicted molar refractivity (Wildman–Crippen MR) is 111 cm³/mol. The Morgan fingerprint density at radius 1 is 1.39 bits per heavy atom. The zero-order chi connectivity index (χ0) is 20.1. The molecule has 148 valence electrons. The molecular formula is C18H19ClN4O3S2. The maximum atomic E-state index is 12.6. The van der Waals surface area contributed by atoms with E-state index in [4.69, 9.17) is 11.6 Å². The van der Waals surface area contributed by atoms with Crippen molar-refractivity contribution in [3.63, 3.8) is 0 Å². The molecule has 2 aromatic heterocycles. The Hall–Kier alpha value is -1.97. The van der Waals surface area contributed by atoms with Crippen molar-refractivity contribution in [2.45, 2.75) is 32.7 Å². The fourth-order valence-corrected chi connectivity index (χ4v) is 6.40. The highest BCUT2D eigenvalue weighted by atomic mass is 35.5. The van der Waals surface area contributed by atoms with E-state index in [0.717, 1.165) is 27.2 Å². The van der Waals surface area contributed by atoms with Gasteiger partial charge in [-0.2, -0.15) is 5.10 Å². The summed E-state index contributed by atoms with van der Waals surface area (Å²) in [6.45, 7) is 3.72. The summed E-state index contributed by atoms with van der Waals surface area (Å²) in [7, 11) is -3.00. The summed E-state index contributed by atoms with van der Waals surface area (Å²) in [5, 5.41) is 8.49. The number of hydrogen-bond acceptors (Lipinski definition) is 6. The molecule has 1 aliphatic rings. The number of nitrogens with zero attached hydrogens (tertiary/aromatic N) is 3. The molecule has 0 saturated carbocycles. The van der Waals surface area contributed by atoms with Crippen LogP contribution >= 0.6 is 22.9 Å². The minimum absolute atomic E-state index is 0.106. The van der Waals surface area contributed by atoms with E-state index in [2.05, 4.69) is 15.4 Å². The summed E-state index contributed by atoms with van der Waals surface area (Å²) in [6, 6.07) is 5.24. The highest BCUT2D eigenvalue weighted by Gasteiger charge is 2.31. The lowest BCUT2D eigenvalue weighted by atomic mass is 10.1. The number of thiazole rings is 1. The molecule has 0 bridgehead atoms.